The Hall–Kier alpha value is -5.43. The third-order valence-electron chi connectivity index (χ3n) is 9.28. The number of amides is 5. The topological polar surface area (TPSA) is 206 Å². The van der Waals surface area contributed by atoms with E-state index < -0.39 is 53.7 Å². The van der Waals surface area contributed by atoms with Crippen molar-refractivity contribution in [1.82, 2.24) is 20.4 Å². The van der Waals surface area contributed by atoms with Gasteiger partial charge in [-0.1, -0.05) is 72.3 Å². The molecule has 0 aliphatic carbocycles. The molecule has 51 heavy (non-hydrogen) atoms. The minimum absolute atomic E-state index is 0.0720. The van der Waals surface area contributed by atoms with Crippen LogP contribution in [-0.2, 0) is 56.3 Å². The molecule has 3 aromatic rings. The first kappa shape index (κ1) is 36.8. The molecule has 0 aromatic heterocycles. The number of nitrogens with zero attached hydrogens (tertiary/aromatic N) is 3. The van der Waals surface area contributed by atoms with Crippen molar-refractivity contribution in [1.29, 1.82) is 0 Å². The normalized spacial score (nSPS) is 17.6. The van der Waals surface area contributed by atoms with Crippen LogP contribution in [0.3, 0.4) is 0 Å². The van der Waals surface area contributed by atoms with E-state index in [-0.39, 0.29) is 51.3 Å². The number of nitrogens with two attached hydrogens (primary N) is 3. The lowest BCUT2D eigenvalue weighted by Gasteiger charge is -2.43. The number of guanidine groups is 1. The maximum Gasteiger partial charge on any atom is 0.246 e. The summed E-state index contributed by atoms with van der Waals surface area (Å²) >= 11 is 6.14. The Morgan fingerprint density at radius 3 is 1.92 bits per heavy atom. The van der Waals surface area contributed by atoms with Crippen LogP contribution >= 0.6 is 11.6 Å². The van der Waals surface area contributed by atoms with Gasteiger partial charge in [-0.3, -0.25) is 29.0 Å². The van der Waals surface area contributed by atoms with Gasteiger partial charge in [-0.2, -0.15) is 0 Å². The Labute approximate surface area is 301 Å². The molecule has 14 heteroatoms. The molecule has 2 heterocycles. The second-order valence-corrected chi connectivity index (χ2v) is 13.3. The quantitative estimate of drug-likeness (QED) is 0.106. The number of benzene rings is 3. The molecule has 2 aliphatic heterocycles. The first-order valence-corrected chi connectivity index (χ1v) is 17.2. The second-order valence-electron chi connectivity index (χ2n) is 12.9. The number of carbonyl (C=O) groups is 5. The highest BCUT2D eigenvalue weighted by atomic mass is 35.5. The molecule has 0 radical (unpaired) electrons. The van der Waals surface area contributed by atoms with Gasteiger partial charge in [0.2, 0.25) is 29.5 Å². The number of aliphatic imine (C=N–C) groups is 1. The van der Waals surface area contributed by atoms with Gasteiger partial charge in [0.25, 0.3) is 0 Å². The third kappa shape index (κ3) is 9.23. The molecule has 0 saturated heterocycles. The predicted molar refractivity (Wildman–Crippen MR) is 193 cm³/mol. The molecule has 2 aliphatic rings. The number of halogens is 1. The summed E-state index contributed by atoms with van der Waals surface area (Å²) in [6, 6.07) is 18.0. The summed E-state index contributed by atoms with van der Waals surface area (Å²) in [6.07, 6.45) is 1.12. The summed E-state index contributed by atoms with van der Waals surface area (Å²) in [5.74, 6) is -2.65. The van der Waals surface area contributed by atoms with Gasteiger partial charge >= 0.3 is 0 Å². The molecule has 8 N–H and O–H groups in total. The monoisotopic (exact) mass is 714 g/mol. The summed E-state index contributed by atoms with van der Waals surface area (Å²) < 4.78 is 0. The molecule has 0 spiro atoms. The van der Waals surface area contributed by atoms with Gasteiger partial charge in [-0.15, -0.1) is 0 Å². The average molecular weight is 715 g/mol. The Morgan fingerprint density at radius 1 is 0.784 bits per heavy atom. The third-order valence-corrected chi connectivity index (χ3v) is 9.54. The first-order valence-electron chi connectivity index (χ1n) is 16.8. The molecule has 13 nitrogen and oxygen atoms in total. The van der Waals surface area contributed by atoms with Crippen molar-refractivity contribution in [2.45, 2.75) is 76.3 Å². The van der Waals surface area contributed by atoms with E-state index in [9.17, 15) is 24.0 Å². The van der Waals surface area contributed by atoms with Crippen LogP contribution < -0.4 is 27.8 Å². The second kappa shape index (κ2) is 16.5. The van der Waals surface area contributed by atoms with Crippen LogP contribution in [0.2, 0.25) is 5.02 Å². The Bertz CT molecular complexity index is 1810. The lowest BCUT2D eigenvalue weighted by Crippen LogP contribution is -2.62. The van der Waals surface area contributed by atoms with Crippen LogP contribution in [0.5, 0.6) is 0 Å². The molecule has 5 rings (SSSR count). The van der Waals surface area contributed by atoms with E-state index in [1.54, 1.807) is 24.3 Å². The van der Waals surface area contributed by atoms with Gasteiger partial charge in [-0.25, -0.2) is 0 Å². The molecule has 3 aromatic carbocycles. The van der Waals surface area contributed by atoms with Crippen LogP contribution in [0, 0.1) is 0 Å². The van der Waals surface area contributed by atoms with Crippen LogP contribution in [0.4, 0.5) is 0 Å². The van der Waals surface area contributed by atoms with E-state index in [1.165, 1.54) is 16.7 Å². The van der Waals surface area contributed by atoms with E-state index in [4.69, 9.17) is 28.8 Å². The maximum atomic E-state index is 14.8. The maximum absolute atomic E-state index is 14.8. The summed E-state index contributed by atoms with van der Waals surface area (Å²) in [7, 11) is 0. The fraction of sp³-hybridized carbons (Fsp3) is 0.351. The van der Waals surface area contributed by atoms with Crippen LogP contribution in [0.15, 0.2) is 77.8 Å². The van der Waals surface area contributed by atoms with Crippen molar-refractivity contribution in [3.05, 3.63) is 106 Å². The van der Waals surface area contributed by atoms with Crippen LogP contribution in [-0.4, -0.2) is 76.0 Å². The van der Waals surface area contributed by atoms with Crippen molar-refractivity contribution >= 4 is 47.1 Å². The number of fused-ring (bicyclic) bond motifs is 2. The van der Waals surface area contributed by atoms with Crippen molar-refractivity contribution < 1.29 is 24.0 Å². The van der Waals surface area contributed by atoms with Crippen molar-refractivity contribution in [3.8, 4) is 0 Å². The fourth-order valence-electron chi connectivity index (χ4n) is 6.72. The largest absolute Gasteiger partial charge is 0.370 e. The number of carbonyl (C=O) groups excluding carboxylic acids is 5. The smallest absolute Gasteiger partial charge is 0.246 e. The molecular weight excluding hydrogens is 672 g/mol. The van der Waals surface area contributed by atoms with E-state index in [0.717, 1.165) is 22.3 Å². The summed E-state index contributed by atoms with van der Waals surface area (Å²) in [4.78, 5) is 75.0. The van der Waals surface area contributed by atoms with Gasteiger partial charge in [0.05, 0.1) is 0 Å². The summed E-state index contributed by atoms with van der Waals surface area (Å²) in [5.41, 5.74) is 21.0. The highest BCUT2D eigenvalue weighted by molar-refractivity contribution is 6.30. The minimum atomic E-state index is -1.14. The first-order chi connectivity index (χ1) is 24.4. The lowest BCUT2D eigenvalue weighted by atomic mass is 9.89. The van der Waals surface area contributed by atoms with Gasteiger partial charge in [0.1, 0.15) is 24.2 Å². The number of primary amides is 1. The molecule has 0 fully saturated rings. The molecule has 268 valence electrons. The molecular formula is C37H43ClN8O5. The zero-order valence-corrected chi connectivity index (χ0v) is 29.1. The summed E-state index contributed by atoms with van der Waals surface area (Å²) in [6.45, 7) is 1.79. The zero-order chi connectivity index (χ0) is 36.7. The van der Waals surface area contributed by atoms with E-state index in [2.05, 4.69) is 15.6 Å². The summed E-state index contributed by atoms with van der Waals surface area (Å²) in [5, 5.41) is 6.04. The van der Waals surface area contributed by atoms with Gasteiger partial charge < -0.3 is 37.6 Å². The predicted octanol–water partition coefficient (Wildman–Crippen LogP) is 1.32. The SMILES string of the molecule is CC(=O)N[C@@H](CCCN=C(N)N)C(=O)N[C@H](Cc1ccc(Cl)cc1)C(=O)N1Cc2ccccc2CC1C(=O)N1Cc2ccccc2CC1C(N)=O. The van der Waals surface area contributed by atoms with Crippen molar-refractivity contribution in [3.63, 3.8) is 0 Å². The average Bonchev–Trinajstić information content (AvgIpc) is 3.11. The number of hydrogen-bond acceptors (Lipinski definition) is 6. The molecule has 4 atom stereocenters. The minimum Gasteiger partial charge on any atom is -0.370 e. The highest BCUT2D eigenvalue weighted by Gasteiger charge is 2.43. The number of rotatable bonds is 12. The molecule has 2 unspecified atom stereocenters. The fourth-order valence-corrected chi connectivity index (χ4v) is 6.85. The Morgan fingerprint density at radius 2 is 1.35 bits per heavy atom. The highest BCUT2D eigenvalue weighted by Crippen LogP contribution is 2.30. The van der Waals surface area contributed by atoms with E-state index in [1.807, 2.05) is 48.5 Å². The number of nitrogens with one attached hydrogen (secondary N) is 2. The van der Waals surface area contributed by atoms with Gasteiger partial charge in [0, 0.05) is 50.8 Å². The lowest BCUT2D eigenvalue weighted by molar-refractivity contribution is -0.152. The van der Waals surface area contributed by atoms with Crippen LogP contribution in [0.25, 0.3) is 0 Å². The Kier molecular flexibility index (Phi) is 11.9. The van der Waals surface area contributed by atoms with E-state index >= 15 is 0 Å². The van der Waals surface area contributed by atoms with Crippen molar-refractivity contribution in [2.24, 2.45) is 22.2 Å². The number of hydrogen-bond donors (Lipinski definition) is 5. The van der Waals surface area contributed by atoms with Gasteiger partial charge in [-0.05, 0) is 52.8 Å². The standard InChI is InChI=1S/C37H43ClN8O5/c1-22(47)43-29(11-6-16-42-37(40)41)34(49)44-30(17-23-12-14-28(38)15-13-23)35(50)46-21-27-10-5-3-8-25(27)19-32(46)36(51)45-20-26-9-4-2-7-24(26)18-31(45)33(39)48/h2-5,7-10,12-15,29-32H,6,11,16-21H2,1H3,(H2,39,48)(H,43,47)(H,44,49)(H4,40,41,42)/t29-,30+,31?,32?/m0/s1. The van der Waals surface area contributed by atoms with Gasteiger partial charge in [0.15, 0.2) is 5.96 Å². The van der Waals surface area contributed by atoms with Crippen molar-refractivity contribution in [2.75, 3.05) is 6.54 Å². The molecule has 0 saturated carbocycles. The zero-order valence-electron chi connectivity index (χ0n) is 28.4. The Balaban J connectivity index is 1.48. The molecule has 0 bridgehead atoms. The van der Waals surface area contributed by atoms with Crippen LogP contribution in [0.1, 0.15) is 47.6 Å². The van der Waals surface area contributed by atoms with E-state index in [0.29, 0.717) is 17.0 Å². The molecule has 5 amide bonds.